The third kappa shape index (κ3) is 4.03. The van der Waals surface area contributed by atoms with E-state index in [0.717, 1.165) is 22.6 Å². The third-order valence-corrected chi connectivity index (χ3v) is 5.22. The Morgan fingerprint density at radius 3 is 2.73 bits per heavy atom. The highest BCUT2D eigenvalue weighted by Gasteiger charge is 2.36. The molecule has 8 nitrogen and oxygen atoms in total. The van der Waals surface area contributed by atoms with Gasteiger partial charge < -0.3 is 19.9 Å². The number of carbonyl (C=O) groups excluding carboxylic acids is 2. The molecule has 2 atom stereocenters. The predicted octanol–water partition coefficient (Wildman–Crippen LogP) is 2.25. The minimum absolute atomic E-state index is 0.342. The van der Waals surface area contributed by atoms with E-state index in [9.17, 15) is 9.59 Å². The first-order valence-corrected chi connectivity index (χ1v) is 9.79. The van der Waals surface area contributed by atoms with Crippen molar-refractivity contribution in [3.63, 3.8) is 0 Å². The van der Waals surface area contributed by atoms with E-state index in [1.807, 2.05) is 48.5 Å². The molecule has 154 valence electrons. The summed E-state index contributed by atoms with van der Waals surface area (Å²) in [5.74, 6) is -0.487. The van der Waals surface area contributed by atoms with Crippen molar-refractivity contribution in [2.75, 3.05) is 13.7 Å². The zero-order valence-corrected chi connectivity index (χ0v) is 16.6. The van der Waals surface area contributed by atoms with E-state index in [-0.39, 0.29) is 6.03 Å². The standard InChI is InChI=1S/C22H23N5O3/c1-30-21(28)18(13-15-7-3-2-4-8-15)26-22(29)27-12-10-16-19(25-14-24-16)20(27)17-9-5-6-11-23-17/h2-9,11,14,18,20H,10,12-13H2,1H3,(H,24,25)(H,26,29)/t18-,20-/m0/s1. The number of aromatic amines is 1. The van der Waals surface area contributed by atoms with Crippen molar-refractivity contribution >= 4 is 12.0 Å². The van der Waals surface area contributed by atoms with Crippen LogP contribution in [-0.4, -0.2) is 51.5 Å². The van der Waals surface area contributed by atoms with Crippen LogP contribution in [0.4, 0.5) is 4.79 Å². The minimum atomic E-state index is -0.796. The summed E-state index contributed by atoms with van der Waals surface area (Å²) in [4.78, 5) is 39.3. The molecule has 1 aromatic carbocycles. The van der Waals surface area contributed by atoms with E-state index in [2.05, 4.69) is 20.3 Å². The summed E-state index contributed by atoms with van der Waals surface area (Å²) in [7, 11) is 1.32. The molecule has 2 amide bonds. The number of pyridine rings is 1. The summed E-state index contributed by atoms with van der Waals surface area (Å²) in [6.07, 6.45) is 4.32. The van der Waals surface area contributed by atoms with Crippen molar-refractivity contribution in [3.8, 4) is 0 Å². The van der Waals surface area contributed by atoms with Gasteiger partial charge in [-0.1, -0.05) is 36.4 Å². The molecule has 0 saturated carbocycles. The van der Waals surface area contributed by atoms with Crippen LogP contribution in [0.15, 0.2) is 61.1 Å². The summed E-state index contributed by atoms with van der Waals surface area (Å²) in [5.41, 5.74) is 3.41. The Kier molecular flexibility index (Phi) is 5.74. The van der Waals surface area contributed by atoms with Crippen LogP contribution in [0.3, 0.4) is 0 Å². The molecule has 8 heteroatoms. The molecule has 0 aliphatic carbocycles. The Morgan fingerprint density at radius 1 is 1.20 bits per heavy atom. The number of hydrogen-bond acceptors (Lipinski definition) is 5. The fourth-order valence-electron chi connectivity index (χ4n) is 3.75. The average Bonchev–Trinajstić information content (AvgIpc) is 3.27. The van der Waals surface area contributed by atoms with Crippen molar-refractivity contribution in [1.82, 2.24) is 25.2 Å². The molecule has 2 N–H and O–H groups in total. The average molecular weight is 405 g/mol. The number of ether oxygens (including phenoxy) is 1. The summed E-state index contributed by atoms with van der Waals surface area (Å²) in [5, 5.41) is 2.86. The molecule has 30 heavy (non-hydrogen) atoms. The van der Waals surface area contributed by atoms with Crippen molar-refractivity contribution in [3.05, 3.63) is 83.7 Å². The minimum Gasteiger partial charge on any atom is -0.467 e. The number of methoxy groups -OCH3 is 1. The molecule has 1 aliphatic heterocycles. The van der Waals surface area contributed by atoms with Crippen LogP contribution in [-0.2, 0) is 22.4 Å². The Morgan fingerprint density at radius 2 is 2.00 bits per heavy atom. The monoisotopic (exact) mass is 405 g/mol. The van der Waals surface area contributed by atoms with Gasteiger partial charge in [-0.2, -0.15) is 0 Å². The van der Waals surface area contributed by atoms with Crippen molar-refractivity contribution < 1.29 is 14.3 Å². The van der Waals surface area contributed by atoms with Crippen LogP contribution in [0, 0.1) is 0 Å². The van der Waals surface area contributed by atoms with Crippen molar-refractivity contribution in [2.45, 2.75) is 24.9 Å². The van der Waals surface area contributed by atoms with Crippen molar-refractivity contribution in [1.29, 1.82) is 0 Å². The molecule has 1 aliphatic rings. The summed E-state index contributed by atoms with van der Waals surface area (Å²) >= 11 is 0. The van der Waals surface area contributed by atoms with Crippen LogP contribution < -0.4 is 5.32 Å². The van der Waals surface area contributed by atoms with E-state index in [1.165, 1.54) is 7.11 Å². The number of nitrogens with zero attached hydrogens (tertiary/aromatic N) is 3. The van der Waals surface area contributed by atoms with Gasteiger partial charge in [-0.3, -0.25) is 4.98 Å². The SMILES string of the molecule is COC(=O)[C@H](Cc1ccccc1)NC(=O)N1CCc2[nH]cnc2[C@@H]1c1ccccn1. The van der Waals surface area contributed by atoms with Gasteiger partial charge in [0.1, 0.15) is 12.1 Å². The van der Waals surface area contributed by atoms with Gasteiger partial charge in [-0.25, -0.2) is 14.6 Å². The number of rotatable bonds is 5. The van der Waals surface area contributed by atoms with Gasteiger partial charge in [-0.05, 0) is 17.7 Å². The maximum Gasteiger partial charge on any atom is 0.328 e. The number of nitrogens with one attached hydrogen (secondary N) is 2. The lowest BCUT2D eigenvalue weighted by molar-refractivity contribution is -0.142. The molecular weight excluding hydrogens is 382 g/mol. The van der Waals surface area contributed by atoms with Gasteiger partial charge in [-0.15, -0.1) is 0 Å². The maximum absolute atomic E-state index is 13.3. The molecule has 0 bridgehead atoms. The number of fused-ring (bicyclic) bond motifs is 1. The van der Waals surface area contributed by atoms with E-state index in [1.54, 1.807) is 17.4 Å². The lowest BCUT2D eigenvalue weighted by Gasteiger charge is -2.35. The maximum atomic E-state index is 13.3. The molecule has 4 rings (SSSR count). The Balaban J connectivity index is 1.59. The second kappa shape index (κ2) is 8.77. The second-order valence-corrected chi connectivity index (χ2v) is 7.08. The van der Waals surface area contributed by atoms with Gasteiger partial charge in [0.2, 0.25) is 0 Å². The van der Waals surface area contributed by atoms with Gasteiger partial charge in [0.15, 0.2) is 0 Å². The van der Waals surface area contributed by atoms with Gasteiger partial charge in [0.05, 0.1) is 24.8 Å². The molecule has 0 spiro atoms. The third-order valence-electron chi connectivity index (χ3n) is 5.22. The van der Waals surface area contributed by atoms with Crippen LogP contribution in [0.5, 0.6) is 0 Å². The lowest BCUT2D eigenvalue weighted by Crippen LogP contribution is -2.52. The normalized spacial score (nSPS) is 16.4. The van der Waals surface area contributed by atoms with Crippen molar-refractivity contribution in [2.24, 2.45) is 0 Å². The first-order chi connectivity index (χ1) is 14.7. The molecule has 3 aromatic rings. The number of amides is 2. The highest BCUT2D eigenvalue weighted by atomic mass is 16.5. The molecule has 2 aromatic heterocycles. The number of H-pyrrole nitrogens is 1. The molecule has 0 radical (unpaired) electrons. The zero-order valence-electron chi connectivity index (χ0n) is 16.6. The summed E-state index contributed by atoms with van der Waals surface area (Å²) in [6.45, 7) is 0.474. The topological polar surface area (TPSA) is 100 Å². The zero-order chi connectivity index (χ0) is 20.9. The Bertz CT molecular complexity index is 1010. The number of esters is 1. The van der Waals surface area contributed by atoms with Gasteiger partial charge >= 0.3 is 12.0 Å². The first-order valence-electron chi connectivity index (χ1n) is 9.79. The quantitative estimate of drug-likeness (QED) is 0.634. The number of imidazole rings is 1. The largest absolute Gasteiger partial charge is 0.467 e. The highest BCUT2D eigenvalue weighted by Crippen LogP contribution is 2.32. The molecule has 3 heterocycles. The molecule has 0 saturated heterocycles. The number of benzene rings is 1. The van der Waals surface area contributed by atoms with E-state index in [4.69, 9.17) is 4.74 Å². The second-order valence-electron chi connectivity index (χ2n) is 7.08. The Hall–Kier alpha value is -3.68. The molecular formula is C22H23N5O3. The Labute approximate surface area is 174 Å². The van der Waals surface area contributed by atoms with Gasteiger partial charge in [0, 0.05) is 31.3 Å². The van der Waals surface area contributed by atoms with Crippen LogP contribution in [0.2, 0.25) is 0 Å². The van der Waals surface area contributed by atoms with E-state index in [0.29, 0.717) is 19.4 Å². The van der Waals surface area contributed by atoms with E-state index < -0.39 is 18.1 Å². The van der Waals surface area contributed by atoms with Crippen LogP contribution in [0.25, 0.3) is 0 Å². The fraction of sp³-hybridized carbons (Fsp3) is 0.273. The smallest absolute Gasteiger partial charge is 0.328 e. The molecule has 0 unspecified atom stereocenters. The van der Waals surface area contributed by atoms with E-state index >= 15 is 0 Å². The fourth-order valence-corrected chi connectivity index (χ4v) is 3.75. The van der Waals surface area contributed by atoms with Gasteiger partial charge in [0.25, 0.3) is 0 Å². The number of hydrogen-bond donors (Lipinski definition) is 2. The summed E-state index contributed by atoms with van der Waals surface area (Å²) < 4.78 is 4.93. The number of aromatic nitrogens is 3. The highest BCUT2D eigenvalue weighted by molar-refractivity contribution is 5.84. The van der Waals surface area contributed by atoms with Crippen LogP contribution >= 0.6 is 0 Å². The predicted molar refractivity (Wildman–Crippen MR) is 110 cm³/mol. The van der Waals surface area contributed by atoms with Crippen LogP contribution in [0.1, 0.15) is 28.7 Å². The number of carbonyl (C=O) groups is 2. The number of urea groups is 1. The first kappa shape index (κ1) is 19.6. The molecule has 0 fully saturated rings. The summed E-state index contributed by atoms with van der Waals surface area (Å²) in [6, 6.07) is 13.5. The lowest BCUT2D eigenvalue weighted by atomic mass is 9.99.